The van der Waals surface area contributed by atoms with Gasteiger partial charge < -0.3 is 5.32 Å². The number of anilines is 1. The Labute approximate surface area is 142 Å². The number of amides is 1. The molecule has 0 bridgehead atoms. The maximum absolute atomic E-state index is 12.5. The summed E-state index contributed by atoms with van der Waals surface area (Å²) in [7, 11) is 0. The number of nitrogens with one attached hydrogen (secondary N) is 1. The van der Waals surface area contributed by atoms with Crippen LogP contribution in [0.15, 0.2) is 24.3 Å². The molecule has 0 aliphatic carbocycles. The largest absolute Gasteiger partial charge is 0.416 e. The molecule has 0 atom stereocenters. The number of nitrogens with zero attached hydrogens (tertiary/aromatic N) is 2. The fourth-order valence-corrected chi connectivity index (χ4v) is 2.89. The number of benzene rings is 1. The Morgan fingerprint density at radius 1 is 1.17 bits per heavy atom. The van der Waals surface area contributed by atoms with Gasteiger partial charge in [-0.1, -0.05) is 43.2 Å². The van der Waals surface area contributed by atoms with Crippen LogP contribution in [0.1, 0.15) is 42.3 Å². The van der Waals surface area contributed by atoms with Crippen molar-refractivity contribution < 1.29 is 18.0 Å². The van der Waals surface area contributed by atoms with Gasteiger partial charge in [-0.3, -0.25) is 4.79 Å². The molecule has 1 heterocycles. The van der Waals surface area contributed by atoms with Crippen LogP contribution in [-0.2, 0) is 23.8 Å². The summed E-state index contributed by atoms with van der Waals surface area (Å²) >= 11 is 1.33. The average molecular weight is 357 g/mol. The number of carbonyl (C=O) groups excluding carboxylic acids is 1. The van der Waals surface area contributed by atoms with Gasteiger partial charge in [-0.25, -0.2) is 0 Å². The summed E-state index contributed by atoms with van der Waals surface area (Å²) < 4.78 is 37.5. The number of aryl methyl sites for hydroxylation is 1. The lowest BCUT2D eigenvalue weighted by molar-refractivity contribution is -0.137. The third-order valence-electron chi connectivity index (χ3n) is 3.35. The number of alkyl halides is 3. The van der Waals surface area contributed by atoms with E-state index in [0.29, 0.717) is 10.7 Å². The van der Waals surface area contributed by atoms with Crippen LogP contribution in [0.5, 0.6) is 0 Å². The van der Waals surface area contributed by atoms with Gasteiger partial charge in [-0.15, -0.1) is 10.2 Å². The predicted octanol–water partition coefficient (Wildman–Crippen LogP) is 4.47. The molecule has 0 aliphatic rings. The Kier molecular flexibility index (Phi) is 6.30. The van der Waals surface area contributed by atoms with E-state index in [2.05, 4.69) is 22.4 Å². The summed E-state index contributed by atoms with van der Waals surface area (Å²) in [6.45, 7) is 2.12. The third-order valence-corrected chi connectivity index (χ3v) is 4.25. The lowest BCUT2D eigenvalue weighted by Gasteiger charge is -2.07. The molecule has 0 aliphatic heterocycles. The Hall–Kier alpha value is -1.96. The van der Waals surface area contributed by atoms with Crippen LogP contribution in [0.25, 0.3) is 0 Å². The van der Waals surface area contributed by atoms with Crippen molar-refractivity contribution in [2.45, 2.75) is 45.2 Å². The molecule has 4 nitrogen and oxygen atoms in total. The number of unbranched alkanes of at least 4 members (excludes halogenated alkanes) is 2. The Morgan fingerprint density at radius 3 is 2.50 bits per heavy atom. The number of hydrogen-bond acceptors (Lipinski definition) is 4. The van der Waals surface area contributed by atoms with Gasteiger partial charge in [0.2, 0.25) is 11.0 Å². The van der Waals surface area contributed by atoms with E-state index in [4.69, 9.17) is 0 Å². The van der Waals surface area contributed by atoms with Crippen molar-refractivity contribution in [3.8, 4) is 0 Å². The third kappa shape index (κ3) is 5.59. The van der Waals surface area contributed by atoms with Crippen molar-refractivity contribution in [2.24, 2.45) is 0 Å². The van der Waals surface area contributed by atoms with E-state index in [0.717, 1.165) is 42.8 Å². The van der Waals surface area contributed by atoms with E-state index in [9.17, 15) is 18.0 Å². The molecular weight excluding hydrogens is 339 g/mol. The van der Waals surface area contributed by atoms with E-state index in [-0.39, 0.29) is 12.3 Å². The quantitative estimate of drug-likeness (QED) is 0.744. The molecule has 2 aromatic rings. The van der Waals surface area contributed by atoms with Crippen LogP contribution in [0.4, 0.5) is 18.3 Å². The summed E-state index contributed by atoms with van der Waals surface area (Å²) in [6, 6.07) is 4.55. The Balaban J connectivity index is 1.87. The molecular formula is C16H18F3N3OS. The molecule has 2 rings (SSSR count). The molecule has 130 valence electrons. The first-order valence-corrected chi connectivity index (χ1v) is 8.48. The normalized spacial score (nSPS) is 11.5. The summed E-state index contributed by atoms with van der Waals surface area (Å²) in [5, 5.41) is 11.8. The van der Waals surface area contributed by atoms with Crippen LogP contribution >= 0.6 is 11.3 Å². The zero-order valence-electron chi connectivity index (χ0n) is 13.2. The monoisotopic (exact) mass is 357 g/mol. The minimum absolute atomic E-state index is 0.0110. The molecule has 24 heavy (non-hydrogen) atoms. The number of halogens is 3. The lowest BCUT2D eigenvalue weighted by atomic mass is 10.1. The van der Waals surface area contributed by atoms with Gasteiger partial charge in [0, 0.05) is 6.42 Å². The highest BCUT2D eigenvalue weighted by Crippen LogP contribution is 2.29. The molecule has 1 amide bonds. The van der Waals surface area contributed by atoms with E-state index >= 15 is 0 Å². The van der Waals surface area contributed by atoms with Crippen molar-refractivity contribution in [1.82, 2.24) is 10.2 Å². The highest BCUT2D eigenvalue weighted by molar-refractivity contribution is 7.15. The molecule has 8 heteroatoms. The second-order valence-electron chi connectivity index (χ2n) is 5.38. The molecule has 1 aromatic heterocycles. The molecule has 0 saturated heterocycles. The molecule has 1 aromatic carbocycles. The van der Waals surface area contributed by atoms with Crippen molar-refractivity contribution in [1.29, 1.82) is 0 Å². The van der Waals surface area contributed by atoms with Crippen molar-refractivity contribution in [3.63, 3.8) is 0 Å². The summed E-state index contributed by atoms with van der Waals surface area (Å²) in [5.41, 5.74) is -0.222. The second kappa shape index (κ2) is 8.23. The highest BCUT2D eigenvalue weighted by Gasteiger charge is 2.29. The van der Waals surface area contributed by atoms with E-state index in [1.165, 1.54) is 23.5 Å². The van der Waals surface area contributed by atoms with Gasteiger partial charge in [0.25, 0.3) is 0 Å². The molecule has 0 fully saturated rings. The van der Waals surface area contributed by atoms with E-state index < -0.39 is 11.7 Å². The SMILES string of the molecule is CCCCCc1nnc(NC(=O)Cc2ccc(C(F)(F)F)cc2)s1. The Bertz CT molecular complexity index is 668. The van der Waals surface area contributed by atoms with Gasteiger partial charge in [-0.05, 0) is 24.1 Å². The standard InChI is InChI=1S/C16H18F3N3OS/c1-2-3-4-5-14-21-22-15(24-14)20-13(23)10-11-6-8-12(9-7-11)16(17,18)19/h6-9H,2-5,10H2,1H3,(H,20,22,23). The highest BCUT2D eigenvalue weighted by atomic mass is 32.1. The zero-order valence-corrected chi connectivity index (χ0v) is 14.0. The van der Waals surface area contributed by atoms with Gasteiger partial charge >= 0.3 is 6.18 Å². The molecule has 0 spiro atoms. The lowest BCUT2D eigenvalue weighted by Crippen LogP contribution is -2.14. The van der Waals surface area contributed by atoms with Crippen LogP contribution in [0.3, 0.4) is 0 Å². The molecule has 0 radical (unpaired) electrons. The zero-order chi connectivity index (χ0) is 17.6. The van der Waals surface area contributed by atoms with Gasteiger partial charge in [0.15, 0.2) is 0 Å². The summed E-state index contributed by atoms with van der Waals surface area (Å²) in [6.07, 6.45) is -0.278. The van der Waals surface area contributed by atoms with Gasteiger partial charge in [-0.2, -0.15) is 13.2 Å². The second-order valence-corrected chi connectivity index (χ2v) is 6.44. The maximum Gasteiger partial charge on any atom is 0.416 e. The molecule has 0 unspecified atom stereocenters. The predicted molar refractivity (Wildman–Crippen MR) is 86.9 cm³/mol. The van der Waals surface area contributed by atoms with Crippen LogP contribution in [0, 0.1) is 0 Å². The van der Waals surface area contributed by atoms with Gasteiger partial charge in [0.1, 0.15) is 5.01 Å². The van der Waals surface area contributed by atoms with Crippen LogP contribution < -0.4 is 5.32 Å². The fraction of sp³-hybridized carbons (Fsp3) is 0.438. The van der Waals surface area contributed by atoms with Crippen molar-refractivity contribution in [3.05, 3.63) is 40.4 Å². The van der Waals surface area contributed by atoms with E-state index in [1.807, 2.05) is 0 Å². The van der Waals surface area contributed by atoms with E-state index in [1.54, 1.807) is 0 Å². The number of rotatable bonds is 7. The fourth-order valence-electron chi connectivity index (χ4n) is 2.09. The van der Waals surface area contributed by atoms with Crippen molar-refractivity contribution >= 4 is 22.4 Å². The van der Waals surface area contributed by atoms with Gasteiger partial charge in [0.05, 0.1) is 12.0 Å². The average Bonchev–Trinajstić information content (AvgIpc) is 2.94. The molecule has 1 N–H and O–H groups in total. The summed E-state index contributed by atoms with van der Waals surface area (Å²) in [4.78, 5) is 11.9. The van der Waals surface area contributed by atoms with Crippen LogP contribution in [0.2, 0.25) is 0 Å². The van der Waals surface area contributed by atoms with Crippen LogP contribution in [-0.4, -0.2) is 16.1 Å². The topological polar surface area (TPSA) is 54.9 Å². The molecule has 0 saturated carbocycles. The first kappa shape index (κ1) is 18.4. The maximum atomic E-state index is 12.5. The summed E-state index contributed by atoms with van der Waals surface area (Å²) in [5.74, 6) is -0.328. The minimum Gasteiger partial charge on any atom is -0.300 e. The first-order valence-electron chi connectivity index (χ1n) is 7.67. The number of aromatic nitrogens is 2. The minimum atomic E-state index is -4.37. The number of carbonyl (C=O) groups is 1. The first-order chi connectivity index (χ1) is 11.4. The number of hydrogen-bond donors (Lipinski definition) is 1. The smallest absolute Gasteiger partial charge is 0.300 e. The van der Waals surface area contributed by atoms with Crippen molar-refractivity contribution in [2.75, 3.05) is 5.32 Å². The Morgan fingerprint density at radius 2 is 1.88 bits per heavy atom.